The Morgan fingerprint density at radius 1 is 1.10 bits per heavy atom. The van der Waals surface area contributed by atoms with Gasteiger partial charge in [-0.05, 0) is 60.1 Å². The van der Waals surface area contributed by atoms with E-state index >= 15 is 0 Å². The van der Waals surface area contributed by atoms with Crippen LogP contribution in [0, 0.1) is 11.8 Å². The van der Waals surface area contributed by atoms with Crippen LogP contribution < -0.4 is 5.11 Å². The van der Waals surface area contributed by atoms with E-state index in [-0.39, 0.29) is 16.6 Å². The van der Waals surface area contributed by atoms with Gasteiger partial charge in [0.1, 0.15) is 0 Å². The van der Waals surface area contributed by atoms with Gasteiger partial charge in [0.05, 0.1) is 4.88 Å². The summed E-state index contributed by atoms with van der Waals surface area (Å²) in [6.45, 7) is 11.6. The zero-order valence-corrected chi connectivity index (χ0v) is 21.0. The van der Waals surface area contributed by atoms with E-state index in [0.717, 1.165) is 28.2 Å². The summed E-state index contributed by atoms with van der Waals surface area (Å²) in [5, 5.41) is 10.8. The molecule has 0 aliphatic carbocycles. The van der Waals surface area contributed by atoms with Crippen LogP contribution in [0.2, 0.25) is 0 Å². The number of carbonyl (C=O) groups excluding carboxylic acids is 1. The number of rotatable bonds is 7. The first-order valence-electron chi connectivity index (χ1n) is 11.3. The maximum Gasteiger partial charge on any atom is 0.0775 e. The molecular formula is C27H33O2S2-. The Morgan fingerprint density at radius 2 is 1.87 bits per heavy atom. The van der Waals surface area contributed by atoms with Gasteiger partial charge in [-0.2, -0.15) is 0 Å². The second-order valence-corrected chi connectivity index (χ2v) is 12.7. The highest BCUT2D eigenvalue weighted by Gasteiger charge is 2.38. The molecule has 0 amide bonds. The molecule has 1 aliphatic rings. The minimum absolute atomic E-state index is 0.0466. The average Bonchev–Trinajstić information content (AvgIpc) is 3.08. The molecule has 0 radical (unpaired) electrons. The molecule has 1 aromatic carbocycles. The summed E-state index contributed by atoms with van der Waals surface area (Å²) in [6, 6.07) is 8.48. The van der Waals surface area contributed by atoms with Crippen molar-refractivity contribution in [1.29, 1.82) is 0 Å². The second-order valence-electron chi connectivity index (χ2n) is 9.80. The molecule has 0 spiro atoms. The molecule has 2 nitrogen and oxygen atoms in total. The molecule has 0 N–H and O–H groups in total. The third kappa shape index (κ3) is 6.40. The standard InChI is InChI=1S/C27H34O2S2/c1-6-7-8-9-10-19-16-24-23(26(2,3)18-27(4,5)31-24)15-20(19)11-12-21-13-14-22(30-21)17-25(28)29/h13-16H,6-10,17-18H2,1-5H3,(H,28,29)/p-1. The van der Waals surface area contributed by atoms with Crippen LogP contribution in [0.25, 0.3) is 0 Å². The molecule has 2 aromatic rings. The summed E-state index contributed by atoms with van der Waals surface area (Å²) in [5.41, 5.74) is 3.99. The number of hydrogen-bond acceptors (Lipinski definition) is 4. The van der Waals surface area contributed by atoms with Gasteiger partial charge >= 0.3 is 0 Å². The van der Waals surface area contributed by atoms with Crippen LogP contribution in [0.15, 0.2) is 29.2 Å². The minimum atomic E-state index is -1.05. The highest BCUT2D eigenvalue weighted by Crippen LogP contribution is 2.51. The number of hydrogen-bond donors (Lipinski definition) is 0. The van der Waals surface area contributed by atoms with Crippen LogP contribution >= 0.6 is 23.1 Å². The van der Waals surface area contributed by atoms with E-state index in [0.29, 0.717) is 0 Å². The minimum Gasteiger partial charge on any atom is -0.550 e. The summed E-state index contributed by atoms with van der Waals surface area (Å²) < 4.78 is 0.232. The van der Waals surface area contributed by atoms with Crippen LogP contribution in [0.4, 0.5) is 0 Å². The number of aryl methyl sites for hydroxylation is 1. The van der Waals surface area contributed by atoms with E-state index in [1.807, 2.05) is 23.9 Å². The van der Waals surface area contributed by atoms with Gasteiger partial charge in [0, 0.05) is 32.5 Å². The predicted molar refractivity (Wildman–Crippen MR) is 131 cm³/mol. The van der Waals surface area contributed by atoms with Gasteiger partial charge in [-0.15, -0.1) is 23.1 Å². The molecular weight excluding hydrogens is 420 g/mol. The fourth-order valence-corrected chi connectivity index (χ4v) is 7.13. The topological polar surface area (TPSA) is 40.1 Å². The summed E-state index contributed by atoms with van der Waals surface area (Å²) in [4.78, 5) is 13.9. The van der Waals surface area contributed by atoms with Crippen LogP contribution in [-0.4, -0.2) is 10.7 Å². The van der Waals surface area contributed by atoms with Crippen LogP contribution in [0.1, 0.15) is 93.2 Å². The normalized spacial score (nSPS) is 16.3. The fraction of sp³-hybridized carbons (Fsp3) is 0.519. The van der Waals surface area contributed by atoms with Crippen molar-refractivity contribution in [3.63, 3.8) is 0 Å². The van der Waals surface area contributed by atoms with Crippen molar-refractivity contribution in [2.24, 2.45) is 0 Å². The smallest absolute Gasteiger partial charge is 0.0775 e. The zero-order chi connectivity index (χ0) is 22.6. The SMILES string of the molecule is CCCCCCc1cc2c(cc1C#Cc1ccc(CC(=O)[O-])s1)C(C)(C)CC(C)(C)S2. The highest BCUT2D eigenvalue weighted by atomic mass is 32.2. The van der Waals surface area contributed by atoms with E-state index in [9.17, 15) is 9.90 Å². The molecule has 0 unspecified atom stereocenters. The summed E-state index contributed by atoms with van der Waals surface area (Å²) >= 11 is 3.44. The predicted octanol–water partition coefficient (Wildman–Crippen LogP) is 6.12. The van der Waals surface area contributed by atoms with E-state index < -0.39 is 5.97 Å². The largest absolute Gasteiger partial charge is 0.550 e. The van der Waals surface area contributed by atoms with Crippen molar-refractivity contribution >= 4 is 29.1 Å². The van der Waals surface area contributed by atoms with E-state index in [1.54, 1.807) is 0 Å². The number of carbonyl (C=O) groups is 1. The molecule has 4 heteroatoms. The number of unbranched alkanes of at least 4 members (excludes halogenated alkanes) is 3. The zero-order valence-electron chi connectivity index (χ0n) is 19.4. The van der Waals surface area contributed by atoms with Crippen LogP contribution in [0.3, 0.4) is 0 Å². The van der Waals surface area contributed by atoms with Gasteiger partial charge < -0.3 is 9.90 Å². The molecule has 1 aliphatic heterocycles. The van der Waals surface area contributed by atoms with Gasteiger partial charge in [-0.3, -0.25) is 0 Å². The molecule has 0 bridgehead atoms. The first-order valence-corrected chi connectivity index (χ1v) is 12.9. The van der Waals surface area contributed by atoms with Gasteiger partial charge in [0.2, 0.25) is 0 Å². The Kier molecular flexibility index (Phi) is 7.60. The summed E-state index contributed by atoms with van der Waals surface area (Å²) in [5.74, 6) is 5.68. The number of carboxylic acid groups (broad SMARTS) is 1. The lowest BCUT2D eigenvalue weighted by atomic mass is 9.76. The quantitative estimate of drug-likeness (QED) is 0.375. The van der Waals surface area contributed by atoms with Crippen molar-refractivity contribution in [2.75, 3.05) is 0 Å². The van der Waals surface area contributed by atoms with Gasteiger partial charge in [0.25, 0.3) is 0 Å². The van der Waals surface area contributed by atoms with Crippen molar-refractivity contribution in [1.82, 2.24) is 0 Å². The molecule has 0 fully saturated rings. The maximum absolute atomic E-state index is 10.8. The number of carboxylic acids is 1. The Hall–Kier alpha value is -1.70. The van der Waals surface area contributed by atoms with Crippen molar-refractivity contribution < 1.29 is 9.90 Å². The van der Waals surface area contributed by atoms with E-state index in [4.69, 9.17) is 0 Å². The number of aliphatic carboxylic acids is 1. The molecule has 1 aromatic heterocycles. The Labute approximate surface area is 195 Å². The summed E-state index contributed by atoms with van der Waals surface area (Å²) in [7, 11) is 0. The van der Waals surface area contributed by atoms with Gasteiger partial charge in [0.15, 0.2) is 0 Å². The van der Waals surface area contributed by atoms with Crippen LogP contribution in [0.5, 0.6) is 0 Å². The maximum atomic E-state index is 10.8. The lowest BCUT2D eigenvalue weighted by Gasteiger charge is -2.42. The molecule has 0 atom stereocenters. The van der Waals surface area contributed by atoms with Gasteiger partial charge in [-0.25, -0.2) is 0 Å². The highest BCUT2D eigenvalue weighted by molar-refractivity contribution is 8.00. The fourth-order valence-electron chi connectivity index (χ4n) is 4.61. The third-order valence-corrected chi connectivity index (χ3v) is 8.04. The molecule has 166 valence electrons. The monoisotopic (exact) mass is 453 g/mol. The first-order chi connectivity index (χ1) is 14.6. The van der Waals surface area contributed by atoms with Crippen LogP contribution in [-0.2, 0) is 23.1 Å². The Balaban J connectivity index is 1.96. The molecule has 31 heavy (non-hydrogen) atoms. The number of thioether (sulfide) groups is 1. The number of thiophene rings is 1. The Morgan fingerprint density at radius 3 is 2.58 bits per heavy atom. The van der Waals surface area contributed by atoms with Gasteiger partial charge in [-0.1, -0.05) is 65.7 Å². The average molecular weight is 454 g/mol. The molecule has 2 heterocycles. The number of benzene rings is 1. The molecule has 3 rings (SSSR count). The second kappa shape index (κ2) is 9.84. The first kappa shape index (κ1) is 24.0. The molecule has 0 saturated heterocycles. The van der Waals surface area contributed by atoms with Crippen molar-refractivity contribution in [3.8, 4) is 11.8 Å². The number of fused-ring (bicyclic) bond motifs is 1. The Bertz CT molecular complexity index is 1000. The van der Waals surface area contributed by atoms with Crippen molar-refractivity contribution in [2.45, 2.75) is 94.6 Å². The van der Waals surface area contributed by atoms with E-state index in [1.165, 1.54) is 53.0 Å². The molecule has 0 saturated carbocycles. The van der Waals surface area contributed by atoms with E-state index in [2.05, 4.69) is 58.6 Å². The third-order valence-electron chi connectivity index (χ3n) is 5.79. The lowest BCUT2D eigenvalue weighted by molar-refractivity contribution is -0.304. The van der Waals surface area contributed by atoms with Crippen molar-refractivity contribution in [3.05, 3.63) is 50.7 Å². The summed E-state index contributed by atoms with van der Waals surface area (Å²) in [6.07, 6.45) is 7.10. The lowest BCUT2D eigenvalue weighted by Crippen LogP contribution is -2.33.